The Kier molecular flexibility index (Phi) is 4.79. The number of carbonyl (C=O) groups excluding carboxylic acids is 3. The Labute approximate surface area is 131 Å². The van der Waals surface area contributed by atoms with E-state index in [4.69, 9.17) is 14.2 Å². The summed E-state index contributed by atoms with van der Waals surface area (Å²) in [4.78, 5) is 33.6. The highest BCUT2D eigenvalue weighted by atomic mass is 16.6. The van der Waals surface area contributed by atoms with Crippen LogP contribution in [-0.2, 0) is 9.59 Å². The molecule has 0 atom stereocenters. The van der Waals surface area contributed by atoms with Gasteiger partial charge in [-0.1, -0.05) is 0 Å². The van der Waals surface area contributed by atoms with Gasteiger partial charge in [0, 0.05) is 12.5 Å². The van der Waals surface area contributed by atoms with Crippen LogP contribution in [-0.4, -0.2) is 49.9 Å². The molecule has 23 heavy (non-hydrogen) atoms. The van der Waals surface area contributed by atoms with E-state index >= 15 is 0 Å². The lowest BCUT2D eigenvalue weighted by molar-refractivity contribution is -0.132. The molecule has 0 aromatic heterocycles. The van der Waals surface area contributed by atoms with Gasteiger partial charge in [-0.25, -0.2) is 9.80 Å². The zero-order valence-corrected chi connectivity index (χ0v) is 12.8. The molecular weight excluding hydrogens is 306 g/mol. The molecule has 0 saturated carbocycles. The highest BCUT2D eigenvalue weighted by molar-refractivity contribution is 6.02. The number of nitrogens with zero attached hydrogens (tertiary/aromatic N) is 2. The molecule has 1 aromatic rings. The Hall–Kier alpha value is -3.10. The molecule has 122 valence electrons. The molecule has 0 unspecified atom stereocenters. The van der Waals surface area contributed by atoms with Gasteiger partial charge in [-0.3, -0.25) is 14.9 Å². The first kappa shape index (κ1) is 16.3. The van der Waals surface area contributed by atoms with Crippen LogP contribution in [0.15, 0.2) is 17.2 Å². The number of esters is 1. The first-order chi connectivity index (χ1) is 10.9. The van der Waals surface area contributed by atoms with E-state index in [2.05, 4.69) is 10.4 Å². The highest BCUT2D eigenvalue weighted by Crippen LogP contribution is 2.38. The standard InChI is InChI=1S/C14H15N3O6/c1-8(18)23-13-10(21-2)4-9(5-11(13)22-3)6-15-17-7-12(19)16-14(17)20/h4-6H,7H2,1-3H3,(H,16,19,20)/b15-6+. The number of methoxy groups -OCH3 is 2. The summed E-state index contributed by atoms with van der Waals surface area (Å²) in [5.74, 6) is -0.262. The van der Waals surface area contributed by atoms with Crippen molar-refractivity contribution in [2.24, 2.45) is 5.10 Å². The van der Waals surface area contributed by atoms with Gasteiger partial charge in [-0.15, -0.1) is 0 Å². The SMILES string of the molecule is COc1cc(/C=N/N2CC(=O)NC2=O)cc(OC)c1OC(C)=O. The van der Waals surface area contributed by atoms with E-state index in [-0.39, 0.29) is 23.8 Å². The van der Waals surface area contributed by atoms with Gasteiger partial charge >= 0.3 is 12.0 Å². The molecule has 9 nitrogen and oxygen atoms in total. The maximum absolute atomic E-state index is 11.4. The number of amides is 3. The molecule has 1 aliphatic rings. The molecule has 0 bridgehead atoms. The number of imide groups is 1. The third kappa shape index (κ3) is 3.76. The number of rotatable bonds is 5. The third-order valence-corrected chi connectivity index (χ3v) is 2.85. The summed E-state index contributed by atoms with van der Waals surface area (Å²) < 4.78 is 15.4. The van der Waals surface area contributed by atoms with Crippen LogP contribution in [0.3, 0.4) is 0 Å². The number of ether oxygens (including phenoxy) is 3. The summed E-state index contributed by atoms with van der Waals surface area (Å²) in [7, 11) is 2.82. The first-order valence-electron chi connectivity index (χ1n) is 6.54. The van der Waals surface area contributed by atoms with Crippen LogP contribution in [0.5, 0.6) is 17.2 Å². The van der Waals surface area contributed by atoms with Crippen LogP contribution in [0.1, 0.15) is 12.5 Å². The summed E-state index contributed by atoms with van der Waals surface area (Å²) in [6.07, 6.45) is 1.36. The number of carbonyl (C=O) groups is 3. The van der Waals surface area contributed by atoms with Crippen LogP contribution in [0.2, 0.25) is 0 Å². The predicted octanol–water partition coefficient (Wildman–Crippen LogP) is 0.515. The highest BCUT2D eigenvalue weighted by Gasteiger charge is 2.26. The molecule has 0 radical (unpaired) electrons. The van der Waals surface area contributed by atoms with E-state index in [1.807, 2.05) is 0 Å². The van der Waals surface area contributed by atoms with E-state index in [1.165, 1.54) is 27.4 Å². The van der Waals surface area contributed by atoms with Crippen molar-refractivity contribution in [3.8, 4) is 17.2 Å². The lowest BCUT2D eigenvalue weighted by Gasteiger charge is -2.13. The Morgan fingerprint density at radius 2 is 1.87 bits per heavy atom. The summed E-state index contributed by atoms with van der Waals surface area (Å²) in [5.41, 5.74) is 0.529. The molecular formula is C14H15N3O6. The smallest absolute Gasteiger partial charge is 0.344 e. The quantitative estimate of drug-likeness (QED) is 0.367. The zero-order valence-electron chi connectivity index (χ0n) is 12.8. The van der Waals surface area contributed by atoms with E-state index in [1.54, 1.807) is 12.1 Å². The fraction of sp³-hybridized carbons (Fsp3) is 0.286. The van der Waals surface area contributed by atoms with Gasteiger partial charge < -0.3 is 14.2 Å². The van der Waals surface area contributed by atoms with E-state index in [0.29, 0.717) is 5.56 Å². The van der Waals surface area contributed by atoms with Crippen LogP contribution < -0.4 is 19.5 Å². The minimum absolute atomic E-state index is 0.144. The first-order valence-corrected chi connectivity index (χ1v) is 6.54. The van der Waals surface area contributed by atoms with Crippen molar-refractivity contribution in [1.82, 2.24) is 10.3 Å². The number of benzene rings is 1. The number of hydrogen-bond acceptors (Lipinski definition) is 7. The fourth-order valence-electron chi connectivity index (χ4n) is 1.88. The fourth-order valence-corrected chi connectivity index (χ4v) is 1.88. The molecule has 1 aliphatic heterocycles. The Morgan fingerprint density at radius 1 is 1.26 bits per heavy atom. The average Bonchev–Trinajstić information content (AvgIpc) is 2.83. The van der Waals surface area contributed by atoms with Crippen LogP contribution in [0, 0.1) is 0 Å². The van der Waals surface area contributed by atoms with E-state index in [9.17, 15) is 14.4 Å². The number of urea groups is 1. The van der Waals surface area contributed by atoms with E-state index < -0.39 is 17.9 Å². The van der Waals surface area contributed by atoms with Crippen molar-refractivity contribution in [3.05, 3.63) is 17.7 Å². The van der Waals surface area contributed by atoms with Crippen molar-refractivity contribution in [2.45, 2.75) is 6.92 Å². The van der Waals surface area contributed by atoms with Gasteiger partial charge in [0.25, 0.3) is 0 Å². The van der Waals surface area contributed by atoms with Crippen LogP contribution in [0.25, 0.3) is 0 Å². The largest absolute Gasteiger partial charge is 0.493 e. The van der Waals surface area contributed by atoms with Gasteiger partial charge in [0.15, 0.2) is 11.5 Å². The van der Waals surface area contributed by atoms with Crippen LogP contribution in [0.4, 0.5) is 4.79 Å². The van der Waals surface area contributed by atoms with Crippen LogP contribution >= 0.6 is 0 Å². The third-order valence-electron chi connectivity index (χ3n) is 2.85. The number of nitrogens with one attached hydrogen (secondary N) is 1. The van der Waals surface area contributed by atoms with Crippen molar-refractivity contribution in [1.29, 1.82) is 0 Å². The summed E-state index contributed by atoms with van der Waals surface area (Å²) >= 11 is 0. The maximum Gasteiger partial charge on any atom is 0.344 e. The second kappa shape index (κ2) is 6.77. The normalized spacial score (nSPS) is 14.1. The zero-order chi connectivity index (χ0) is 17.0. The molecule has 1 N–H and O–H groups in total. The second-order valence-corrected chi connectivity index (χ2v) is 4.50. The topological polar surface area (TPSA) is 107 Å². The van der Waals surface area contributed by atoms with Gasteiger partial charge in [0.1, 0.15) is 6.54 Å². The van der Waals surface area contributed by atoms with Gasteiger partial charge in [0.2, 0.25) is 11.7 Å². The number of hydrazone groups is 1. The van der Waals surface area contributed by atoms with Crippen molar-refractivity contribution in [3.63, 3.8) is 0 Å². The maximum atomic E-state index is 11.4. The lowest BCUT2D eigenvalue weighted by Crippen LogP contribution is -2.24. The number of hydrogen-bond donors (Lipinski definition) is 1. The summed E-state index contributed by atoms with van der Waals surface area (Å²) in [6.45, 7) is 1.12. The van der Waals surface area contributed by atoms with Crippen molar-refractivity contribution in [2.75, 3.05) is 20.8 Å². The molecule has 2 rings (SSSR count). The predicted molar refractivity (Wildman–Crippen MR) is 78.7 cm³/mol. The van der Waals surface area contributed by atoms with E-state index in [0.717, 1.165) is 5.01 Å². The molecule has 3 amide bonds. The second-order valence-electron chi connectivity index (χ2n) is 4.50. The summed E-state index contributed by atoms with van der Waals surface area (Å²) in [6, 6.07) is 2.52. The Bertz CT molecular complexity index is 660. The molecule has 1 aromatic carbocycles. The lowest BCUT2D eigenvalue weighted by atomic mass is 10.2. The molecule has 1 fully saturated rings. The molecule has 9 heteroatoms. The minimum atomic E-state index is -0.596. The average molecular weight is 321 g/mol. The Balaban J connectivity index is 2.31. The monoisotopic (exact) mass is 321 g/mol. The summed E-state index contributed by atoms with van der Waals surface area (Å²) in [5, 5.41) is 7.02. The van der Waals surface area contributed by atoms with Crippen molar-refractivity contribution < 1.29 is 28.6 Å². The molecule has 0 spiro atoms. The Morgan fingerprint density at radius 3 is 2.30 bits per heavy atom. The van der Waals surface area contributed by atoms with Gasteiger partial charge in [0.05, 0.1) is 20.4 Å². The molecule has 1 heterocycles. The van der Waals surface area contributed by atoms with Crippen molar-refractivity contribution >= 4 is 24.1 Å². The molecule has 0 aliphatic carbocycles. The van der Waals surface area contributed by atoms with Gasteiger partial charge in [-0.05, 0) is 12.1 Å². The van der Waals surface area contributed by atoms with Gasteiger partial charge in [-0.2, -0.15) is 5.10 Å². The molecule has 1 saturated heterocycles. The minimum Gasteiger partial charge on any atom is -0.493 e.